The molecule has 2 saturated heterocycles. The molecule has 0 bridgehead atoms. The lowest BCUT2D eigenvalue weighted by atomic mass is 10.1. The number of nitrogens with zero attached hydrogens (tertiary/aromatic N) is 1. The van der Waals surface area contributed by atoms with Gasteiger partial charge in [-0.25, -0.2) is 4.79 Å². The van der Waals surface area contributed by atoms with Gasteiger partial charge in [-0.15, -0.1) is 0 Å². The summed E-state index contributed by atoms with van der Waals surface area (Å²) in [5.74, 6) is -5.44. The smallest absolute Gasteiger partial charge is 0.326 e. The molecular weight excluding hydrogens is 426 g/mol. The van der Waals surface area contributed by atoms with Crippen molar-refractivity contribution in [2.75, 3.05) is 13.1 Å². The number of nitrogens with one attached hydrogen (secondary N) is 3. The van der Waals surface area contributed by atoms with Gasteiger partial charge in [0.2, 0.25) is 23.6 Å². The maximum atomic E-state index is 12.9. The SMILES string of the molecule is NC(=O)CCC(NC(=O)C1CCCN1)C(=O)NC(CC(=O)O)C(=O)N1CCCC1C(=O)O. The Hall–Kier alpha value is -3.22. The van der Waals surface area contributed by atoms with E-state index in [4.69, 9.17) is 5.73 Å². The number of carbonyl (C=O) groups excluding carboxylic acids is 4. The summed E-state index contributed by atoms with van der Waals surface area (Å²) in [5, 5.41) is 26.3. The molecule has 0 aromatic rings. The predicted octanol–water partition coefficient (Wildman–Crippen LogP) is -2.48. The van der Waals surface area contributed by atoms with Crippen molar-refractivity contribution in [2.45, 2.75) is 69.1 Å². The topological polar surface area (TPSA) is 208 Å². The first-order chi connectivity index (χ1) is 15.1. The van der Waals surface area contributed by atoms with E-state index in [9.17, 15) is 39.0 Å². The van der Waals surface area contributed by atoms with E-state index in [1.165, 1.54) is 0 Å². The molecule has 2 aliphatic heterocycles. The van der Waals surface area contributed by atoms with Crippen molar-refractivity contribution in [1.29, 1.82) is 0 Å². The molecule has 0 radical (unpaired) electrons. The van der Waals surface area contributed by atoms with Crippen molar-refractivity contribution in [3.05, 3.63) is 0 Å². The molecule has 2 aliphatic rings. The lowest BCUT2D eigenvalue weighted by Crippen LogP contribution is -2.57. The van der Waals surface area contributed by atoms with Gasteiger partial charge in [0.15, 0.2) is 0 Å². The number of nitrogens with two attached hydrogens (primary N) is 1. The van der Waals surface area contributed by atoms with Gasteiger partial charge in [-0.2, -0.15) is 0 Å². The Balaban J connectivity index is 2.14. The molecule has 4 amide bonds. The standard InChI is InChI=1S/C19H29N5O8/c20-14(25)6-5-11(22-16(28)10-3-1-7-21-10)17(29)23-12(9-15(26)27)18(30)24-8-2-4-13(24)19(31)32/h10-13,21H,1-9H2,(H2,20,25)(H,22,28)(H,23,29)(H,26,27)(H,31,32). The van der Waals surface area contributed by atoms with Gasteiger partial charge >= 0.3 is 11.9 Å². The lowest BCUT2D eigenvalue weighted by molar-refractivity contribution is -0.150. The van der Waals surface area contributed by atoms with Crippen LogP contribution in [0.1, 0.15) is 44.9 Å². The van der Waals surface area contributed by atoms with Gasteiger partial charge in [0.25, 0.3) is 0 Å². The number of carbonyl (C=O) groups is 6. The molecular formula is C19H29N5O8. The van der Waals surface area contributed by atoms with Gasteiger partial charge in [0, 0.05) is 13.0 Å². The van der Waals surface area contributed by atoms with Crippen LogP contribution < -0.4 is 21.7 Å². The van der Waals surface area contributed by atoms with Crippen LogP contribution in [0.5, 0.6) is 0 Å². The van der Waals surface area contributed by atoms with Gasteiger partial charge in [-0.05, 0) is 38.6 Å². The highest BCUT2D eigenvalue weighted by Crippen LogP contribution is 2.19. The minimum absolute atomic E-state index is 0.122. The summed E-state index contributed by atoms with van der Waals surface area (Å²) in [6.45, 7) is 0.767. The molecule has 2 rings (SSSR count). The molecule has 32 heavy (non-hydrogen) atoms. The van der Waals surface area contributed by atoms with E-state index in [0.29, 0.717) is 19.4 Å². The Bertz CT molecular complexity index is 767. The van der Waals surface area contributed by atoms with Crippen LogP contribution in [-0.2, 0) is 28.8 Å². The molecule has 2 heterocycles. The van der Waals surface area contributed by atoms with Crippen LogP contribution >= 0.6 is 0 Å². The maximum Gasteiger partial charge on any atom is 0.326 e. The summed E-state index contributed by atoms with van der Waals surface area (Å²) >= 11 is 0. The van der Waals surface area contributed by atoms with Crippen molar-refractivity contribution < 1.29 is 39.0 Å². The molecule has 0 aliphatic carbocycles. The highest BCUT2D eigenvalue weighted by Gasteiger charge is 2.39. The quantitative estimate of drug-likeness (QED) is 0.195. The van der Waals surface area contributed by atoms with Crippen LogP contribution in [0.4, 0.5) is 0 Å². The van der Waals surface area contributed by atoms with E-state index in [0.717, 1.165) is 11.3 Å². The summed E-state index contributed by atoms with van der Waals surface area (Å²) in [6, 6.07) is -4.36. The summed E-state index contributed by atoms with van der Waals surface area (Å²) < 4.78 is 0. The molecule has 0 saturated carbocycles. The Morgan fingerprint density at radius 2 is 1.75 bits per heavy atom. The van der Waals surface area contributed by atoms with Crippen molar-refractivity contribution in [3.8, 4) is 0 Å². The Morgan fingerprint density at radius 3 is 2.31 bits per heavy atom. The number of likely N-dealkylation sites (tertiary alicyclic amines) is 1. The van der Waals surface area contributed by atoms with Crippen molar-refractivity contribution >= 4 is 35.6 Å². The summed E-state index contributed by atoms with van der Waals surface area (Å²) in [5.41, 5.74) is 5.15. The molecule has 0 aromatic carbocycles. The molecule has 13 heteroatoms. The number of aliphatic carboxylic acids is 2. The zero-order valence-corrected chi connectivity index (χ0v) is 17.5. The second-order valence-electron chi connectivity index (χ2n) is 7.90. The third kappa shape index (κ3) is 6.90. The van der Waals surface area contributed by atoms with Gasteiger partial charge in [-0.3, -0.25) is 24.0 Å². The van der Waals surface area contributed by atoms with E-state index in [1.54, 1.807) is 0 Å². The number of hydrogen-bond donors (Lipinski definition) is 6. The van der Waals surface area contributed by atoms with E-state index in [-0.39, 0.29) is 25.8 Å². The van der Waals surface area contributed by atoms with Crippen LogP contribution in [0, 0.1) is 0 Å². The zero-order chi connectivity index (χ0) is 23.8. The number of hydrogen-bond acceptors (Lipinski definition) is 7. The number of carboxylic acid groups (broad SMARTS) is 2. The molecule has 2 fully saturated rings. The average Bonchev–Trinajstić information content (AvgIpc) is 3.41. The van der Waals surface area contributed by atoms with Crippen molar-refractivity contribution in [3.63, 3.8) is 0 Å². The van der Waals surface area contributed by atoms with E-state index in [1.807, 2.05) is 0 Å². The number of carboxylic acids is 2. The minimum atomic E-state index is -1.53. The third-order valence-corrected chi connectivity index (χ3v) is 5.50. The Kier molecular flexibility index (Phi) is 8.93. The monoisotopic (exact) mass is 455 g/mol. The summed E-state index contributed by atoms with van der Waals surface area (Å²) in [4.78, 5) is 73.0. The lowest BCUT2D eigenvalue weighted by Gasteiger charge is -2.28. The fourth-order valence-electron chi connectivity index (χ4n) is 3.87. The molecule has 7 N–H and O–H groups in total. The summed E-state index contributed by atoms with van der Waals surface area (Å²) in [6.07, 6.45) is 0.876. The largest absolute Gasteiger partial charge is 0.481 e. The van der Waals surface area contributed by atoms with E-state index >= 15 is 0 Å². The fourth-order valence-corrected chi connectivity index (χ4v) is 3.87. The maximum absolute atomic E-state index is 12.9. The highest BCUT2D eigenvalue weighted by molar-refractivity contribution is 5.96. The molecule has 0 spiro atoms. The van der Waals surface area contributed by atoms with Crippen LogP contribution in [0.3, 0.4) is 0 Å². The van der Waals surface area contributed by atoms with Crippen molar-refractivity contribution in [1.82, 2.24) is 20.9 Å². The predicted molar refractivity (Wildman–Crippen MR) is 108 cm³/mol. The Labute approximate surface area is 184 Å². The van der Waals surface area contributed by atoms with Gasteiger partial charge in [0.05, 0.1) is 12.5 Å². The molecule has 178 valence electrons. The first-order valence-corrected chi connectivity index (χ1v) is 10.5. The minimum Gasteiger partial charge on any atom is -0.481 e. The van der Waals surface area contributed by atoms with Crippen LogP contribution in [0.25, 0.3) is 0 Å². The first-order valence-electron chi connectivity index (χ1n) is 10.5. The zero-order valence-electron chi connectivity index (χ0n) is 17.5. The van der Waals surface area contributed by atoms with E-state index < -0.39 is 66.2 Å². The van der Waals surface area contributed by atoms with E-state index in [2.05, 4.69) is 16.0 Å². The molecule has 13 nitrogen and oxygen atoms in total. The molecule has 0 aromatic heterocycles. The number of amides is 4. The fraction of sp³-hybridized carbons (Fsp3) is 0.684. The molecule has 4 unspecified atom stereocenters. The second kappa shape index (κ2) is 11.4. The molecule has 4 atom stereocenters. The summed E-state index contributed by atoms with van der Waals surface area (Å²) in [7, 11) is 0. The van der Waals surface area contributed by atoms with Crippen LogP contribution in [-0.4, -0.2) is 87.9 Å². The van der Waals surface area contributed by atoms with Crippen molar-refractivity contribution in [2.24, 2.45) is 5.73 Å². The second-order valence-corrected chi connectivity index (χ2v) is 7.90. The van der Waals surface area contributed by atoms with Gasteiger partial charge < -0.3 is 36.8 Å². The number of primary amides is 1. The average molecular weight is 455 g/mol. The normalized spacial score (nSPS) is 22.1. The first kappa shape index (κ1) is 25.0. The van der Waals surface area contributed by atoms with Crippen LogP contribution in [0.15, 0.2) is 0 Å². The third-order valence-electron chi connectivity index (χ3n) is 5.50. The highest BCUT2D eigenvalue weighted by atomic mass is 16.4. The van der Waals surface area contributed by atoms with Crippen LogP contribution in [0.2, 0.25) is 0 Å². The number of rotatable bonds is 11. The van der Waals surface area contributed by atoms with Gasteiger partial charge in [0.1, 0.15) is 18.1 Å². The van der Waals surface area contributed by atoms with Gasteiger partial charge in [-0.1, -0.05) is 0 Å². The Morgan fingerprint density at radius 1 is 1.03 bits per heavy atom.